The zero-order valence-electron chi connectivity index (χ0n) is 9.15. The van der Waals surface area contributed by atoms with Gasteiger partial charge in [0, 0.05) is 9.61 Å². The first-order valence-electron chi connectivity index (χ1n) is 5.63. The van der Waals surface area contributed by atoms with Gasteiger partial charge in [-0.15, -0.1) is 0 Å². The topological polar surface area (TPSA) is 43.8 Å². The second-order valence-corrected chi connectivity index (χ2v) is 5.69. The number of anilines is 1. The summed E-state index contributed by atoms with van der Waals surface area (Å²) in [6, 6.07) is 6.91. The third kappa shape index (κ3) is 1.50. The highest BCUT2D eigenvalue weighted by atomic mass is 127. The van der Waals surface area contributed by atoms with Crippen molar-refractivity contribution in [3.05, 3.63) is 21.8 Å². The predicted molar refractivity (Wildman–Crippen MR) is 74.3 cm³/mol. The van der Waals surface area contributed by atoms with Crippen molar-refractivity contribution in [1.29, 1.82) is 0 Å². The number of nitrogens with zero attached hydrogens (tertiary/aromatic N) is 2. The summed E-state index contributed by atoms with van der Waals surface area (Å²) in [5.74, 6) is 1.46. The van der Waals surface area contributed by atoms with Crippen LogP contribution in [0, 0.1) is 9.49 Å². The molecule has 1 aromatic carbocycles. The fourth-order valence-electron chi connectivity index (χ4n) is 2.43. The molecule has 2 aromatic rings. The van der Waals surface area contributed by atoms with Gasteiger partial charge in [0.25, 0.3) is 0 Å². The van der Waals surface area contributed by atoms with E-state index in [4.69, 9.17) is 5.73 Å². The van der Waals surface area contributed by atoms with Crippen LogP contribution in [0.5, 0.6) is 0 Å². The van der Waals surface area contributed by atoms with E-state index < -0.39 is 0 Å². The van der Waals surface area contributed by atoms with Crippen molar-refractivity contribution in [2.45, 2.75) is 25.8 Å². The first kappa shape index (κ1) is 10.4. The summed E-state index contributed by atoms with van der Waals surface area (Å²) in [4.78, 5) is 4.44. The molecule has 2 N–H and O–H groups in total. The molecule has 84 valence electrons. The minimum Gasteiger partial charge on any atom is -0.369 e. The number of rotatable bonds is 2. The van der Waals surface area contributed by atoms with Gasteiger partial charge in [-0.1, -0.05) is 13.3 Å². The molecule has 0 saturated heterocycles. The molecule has 0 bridgehead atoms. The Hall–Kier alpha value is -0.780. The quantitative estimate of drug-likeness (QED) is 0.861. The number of nitrogen functional groups attached to an aromatic ring is 1. The lowest BCUT2D eigenvalue weighted by Gasteiger charge is -2.04. The second-order valence-electron chi connectivity index (χ2n) is 4.44. The lowest BCUT2D eigenvalue weighted by atomic mass is 10.3. The third-order valence-corrected chi connectivity index (χ3v) is 4.09. The number of benzene rings is 1. The summed E-state index contributed by atoms with van der Waals surface area (Å²) in [7, 11) is 0. The SMILES string of the molecule is CCC1CC1n1c(N)nc2cc(I)ccc21. The largest absolute Gasteiger partial charge is 0.369 e. The molecular weight excluding hydrogens is 313 g/mol. The Bertz CT molecular complexity index is 546. The summed E-state index contributed by atoms with van der Waals surface area (Å²) in [6.45, 7) is 2.24. The standard InChI is InChI=1S/C12H14IN3/c1-2-7-5-11(7)16-10-4-3-8(13)6-9(10)15-12(16)14/h3-4,6-7,11H,2,5H2,1H3,(H2,14,15). The fraction of sp³-hybridized carbons (Fsp3) is 0.417. The van der Waals surface area contributed by atoms with Crippen molar-refractivity contribution in [2.75, 3.05) is 5.73 Å². The maximum absolute atomic E-state index is 6.01. The van der Waals surface area contributed by atoms with E-state index in [-0.39, 0.29) is 0 Å². The van der Waals surface area contributed by atoms with Gasteiger partial charge >= 0.3 is 0 Å². The molecule has 3 nitrogen and oxygen atoms in total. The van der Waals surface area contributed by atoms with E-state index in [1.807, 2.05) is 0 Å². The van der Waals surface area contributed by atoms with Crippen molar-refractivity contribution in [3.63, 3.8) is 0 Å². The number of hydrogen-bond donors (Lipinski definition) is 1. The second kappa shape index (κ2) is 3.61. The van der Waals surface area contributed by atoms with Crippen LogP contribution in [0.3, 0.4) is 0 Å². The van der Waals surface area contributed by atoms with E-state index in [9.17, 15) is 0 Å². The Morgan fingerprint density at radius 3 is 3.06 bits per heavy atom. The van der Waals surface area contributed by atoms with Gasteiger partial charge in [0.2, 0.25) is 5.95 Å². The number of halogens is 1. The van der Waals surface area contributed by atoms with Crippen molar-refractivity contribution < 1.29 is 0 Å². The van der Waals surface area contributed by atoms with Gasteiger partial charge < -0.3 is 10.3 Å². The average Bonchev–Trinajstić information content (AvgIpc) is 2.94. The highest BCUT2D eigenvalue weighted by Gasteiger charge is 2.38. The number of hydrogen-bond acceptors (Lipinski definition) is 2. The smallest absolute Gasteiger partial charge is 0.201 e. The van der Waals surface area contributed by atoms with Crippen LogP contribution in [0.2, 0.25) is 0 Å². The molecule has 0 aliphatic heterocycles. The lowest BCUT2D eigenvalue weighted by Crippen LogP contribution is -2.02. The summed E-state index contributed by atoms with van der Waals surface area (Å²) < 4.78 is 3.41. The zero-order chi connectivity index (χ0) is 11.3. The van der Waals surface area contributed by atoms with Gasteiger partial charge in [-0.3, -0.25) is 0 Å². The highest BCUT2D eigenvalue weighted by Crippen LogP contribution is 2.48. The fourth-order valence-corrected chi connectivity index (χ4v) is 2.90. The number of fused-ring (bicyclic) bond motifs is 1. The summed E-state index contributed by atoms with van der Waals surface area (Å²) in [6.07, 6.45) is 2.48. The summed E-state index contributed by atoms with van der Waals surface area (Å²) >= 11 is 2.30. The predicted octanol–water partition coefficient (Wildman–Crippen LogP) is 3.19. The molecule has 2 unspecified atom stereocenters. The van der Waals surface area contributed by atoms with E-state index in [1.165, 1.54) is 21.9 Å². The molecule has 1 fully saturated rings. The molecular formula is C12H14IN3. The van der Waals surface area contributed by atoms with Gasteiger partial charge in [0.1, 0.15) is 0 Å². The summed E-state index contributed by atoms with van der Waals surface area (Å²) in [5, 5.41) is 0. The van der Waals surface area contributed by atoms with Gasteiger partial charge in [0.15, 0.2) is 0 Å². The Morgan fingerprint density at radius 1 is 1.56 bits per heavy atom. The number of imidazole rings is 1. The van der Waals surface area contributed by atoms with E-state index >= 15 is 0 Å². The Balaban J connectivity index is 2.13. The monoisotopic (exact) mass is 327 g/mol. The number of aromatic nitrogens is 2. The van der Waals surface area contributed by atoms with E-state index in [1.54, 1.807) is 0 Å². The molecule has 1 heterocycles. The minimum absolute atomic E-state index is 0.579. The van der Waals surface area contributed by atoms with Crippen LogP contribution in [-0.2, 0) is 0 Å². The van der Waals surface area contributed by atoms with Crippen LogP contribution in [0.1, 0.15) is 25.8 Å². The Morgan fingerprint density at radius 2 is 2.38 bits per heavy atom. The molecule has 1 saturated carbocycles. The van der Waals surface area contributed by atoms with Crippen molar-refractivity contribution >= 4 is 39.6 Å². The maximum atomic E-state index is 6.01. The zero-order valence-corrected chi connectivity index (χ0v) is 11.3. The minimum atomic E-state index is 0.579. The Kier molecular flexibility index (Phi) is 2.34. The van der Waals surface area contributed by atoms with E-state index in [0.29, 0.717) is 12.0 Å². The molecule has 0 spiro atoms. The highest BCUT2D eigenvalue weighted by molar-refractivity contribution is 14.1. The van der Waals surface area contributed by atoms with Crippen LogP contribution in [0.25, 0.3) is 11.0 Å². The normalized spacial score (nSPS) is 23.9. The van der Waals surface area contributed by atoms with Crippen molar-refractivity contribution in [2.24, 2.45) is 5.92 Å². The first-order valence-corrected chi connectivity index (χ1v) is 6.71. The maximum Gasteiger partial charge on any atom is 0.201 e. The average molecular weight is 327 g/mol. The van der Waals surface area contributed by atoms with E-state index in [0.717, 1.165) is 11.4 Å². The van der Waals surface area contributed by atoms with Crippen LogP contribution in [0.4, 0.5) is 5.95 Å². The molecule has 4 heteroatoms. The molecule has 0 amide bonds. The van der Waals surface area contributed by atoms with Gasteiger partial charge in [0.05, 0.1) is 11.0 Å². The van der Waals surface area contributed by atoms with Crippen LogP contribution < -0.4 is 5.73 Å². The molecule has 1 aliphatic rings. The van der Waals surface area contributed by atoms with E-state index in [2.05, 4.69) is 57.3 Å². The number of nitrogens with two attached hydrogens (primary N) is 1. The molecule has 0 radical (unpaired) electrons. The third-order valence-electron chi connectivity index (χ3n) is 3.42. The van der Waals surface area contributed by atoms with Crippen molar-refractivity contribution in [3.8, 4) is 0 Å². The van der Waals surface area contributed by atoms with Crippen LogP contribution in [-0.4, -0.2) is 9.55 Å². The van der Waals surface area contributed by atoms with Gasteiger partial charge in [-0.2, -0.15) is 0 Å². The lowest BCUT2D eigenvalue weighted by molar-refractivity contribution is 0.661. The first-order chi connectivity index (χ1) is 7.70. The van der Waals surface area contributed by atoms with Crippen molar-refractivity contribution in [1.82, 2.24) is 9.55 Å². The molecule has 1 aliphatic carbocycles. The summed E-state index contributed by atoms with van der Waals surface area (Å²) in [5.41, 5.74) is 8.21. The van der Waals surface area contributed by atoms with Crippen LogP contribution >= 0.6 is 22.6 Å². The molecule has 2 atom stereocenters. The van der Waals surface area contributed by atoms with Gasteiger partial charge in [-0.05, 0) is 53.1 Å². The molecule has 1 aromatic heterocycles. The molecule has 16 heavy (non-hydrogen) atoms. The van der Waals surface area contributed by atoms with Gasteiger partial charge in [-0.25, -0.2) is 4.98 Å². The molecule has 3 rings (SSSR count). The Labute approximate surface area is 108 Å². The van der Waals surface area contributed by atoms with Crippen LogP contribution in [0.15, 0.2) is 18.2 Å².